The second-order valence-corrected chi connectivity index (χ2v) is 19.5. The Morgan fingerprint density at radius 1 is 1.07 bits per heavy atom. The average molecular weight is 964 g/mol. The van der Waals surface area contributed by atoms with E-state index in [-0.39, 0.29) is 55.2 Å². The van der Waals surface area contributed by atoms with Gasteiger partial charge in [-0.15, -0.1) is 0 Å². The molecule has 0 bridgehead atoms. The predicted molar refractivity (Wildman–Crippen MR) is 272 cm³/mol. The third-order valence-electron chi connectivity index (χ3n) is 11.4. The molecule has 6 unspecified atom stereocenters. The fraction of sp³-hybridized carbons (Fsp3) is 0.580. The zero-order valence-electron chi connectivity index (χ0n) is 41.8. The number of nitrogens with one attached hydrogen (secondary N) is 4. The lowest BCUT2D eigenvalue weighted by molar-refractivity contribution is -0.117. The molecule has 17 nitrogen and oxygen atoms in total. The van der Waals surface area contributed by atoms with Gasteiger partial charge in [0.2, 0.25) is 5.91 Å². The van der Waals surface area contributed by atoms with E-state index in [0.29, 0.717) is 44.0 Å². The van der Waals surface area contributed by atoms with Crippen LogP contribution in [0.15, 0.2) is 84.1 Å². The lowest BCUT2D eigenvalue weighted by Crippen LogP contribution is -2.39. The number of ether oxygens (including phenoxy) is 5. The number of aromatic nitrogens is 2. The molecular weight excluding hydrogens is 886 g/mol. The molecule has 0 saturated carbocycles. The molecule has 2 saturated heterocycles. The van der Waals surface area contributed by atoms with Gasteiger partial charge in [-0.25, -0.2) is 14.8 Å². The van der Waals surface area contributed by atoms with E-state index < -0.39 is 10.9 Å². The lowest BCUT2D eigenvalue weighted by atomic mass is 10.1. The van der Waals surface area contributed by atoms with Crippen LogP contribution in [0.4, 0.5) is 16.3 Å². The van der Waals surface area contributed by atoms with Gasteiger partial charge in [0, 0.05) is 49.4 Å². The molecule has 3 heterocycles. The number of carbonyl (C=O) groups is 2. The zero-order valence-corrected chi connectivity index (χ0v) is 43.0. The molecule has 2 aliphatic carbocycles. The van der Waals surface area contributed by atoms with Crippen LogP contribution in [0.5, 0.6) is 0 Å². The summed E-state index contributed by atoms with van der Waals surface area (Å²) in [5.41, 5.74) is 11.7. The number of likely N-dealkylation sites (N-methyl/N-ethyl adjacent to an activating group) is 1. The van der Waals surface area contributed by atoms with E-state index in [2.05, 4.69) is 96.4 Å². The molecule has 4 aliphatic rings. The van der Waals surface area contributed by atoms with Gasteiger partial charge in [0.1, 0.15) is 36.1 Å². The van der Waals surface area contributed by atoms with Crippen LogP contribution in [0.3, 0.4) is 0 Å². The first-order valence-corrected chi connectivity index (χ1v) is 24.1. The van der Waals surface area contributed by atoms with Crippen molar-refractivity contribution in [2.75, 3.05) is 43.6 Å². The average Bonchev–Trinajstić information content (AvgIpc) is 3.96. The Bertz CT molecular complexity index is 2080. The minimum Gasteiger partial charge on any atom is -0.444 e. The summed E-state index contributed by atoms with van der Waals surface area (Å²) >= 11 is 0. The number of hydrogen-bond donors (Lipinski definition) is 6. The Hall–Kier alpha value is -4.74. The van der Waals surface area contributed by atoms with Crippen LogP contribution >= 0.6 is 9.24 Å². The van der Waals surface area contributed by atoms with Gasteiger partial charge >= 0.3 is 6.09 Å². The molecular formula is C50H78N9O8P. The van der Waals surface area contributed by atoms with Gasteiger partial charge in [0.25, 0.3) is 0 Å². The number of fused-ring (bicyclic) bond motifs is 1. The summed E-state index contributed by atoms with van der Waals surface area (Å²) in [4.78, 5) is 38.3. The maximum atomic E-state index is 11.6. The molecule has 1 aromatic heterocycles. The maximum absolute atomic E-state index is 11.6. The van der Waals surface area contributed by atoms with Gasteiger partial charge in [-0.05, 0) is 104 Å². The van der Waals surface area contributed by atoms with Gasteiger partial charge in [0.05, 0.1) is 55.1 Å². The fourth-order valence-corrected chi connectivity index (χ4v) is 7.61. The van der Waals surface area contributed by atoms with Gasteiger partial charge < -0.3 is 60.7 Å². The highest BCUT2D eigenvalue weighted by Crippen LogP contribution is 2.58. The van der Waals surface area contributed by atoms with Crippen LogP contribution in [0, 0.1) is 5.92 Å². The van der Waals surface area contributed by atoms with Crippen molar-refractivity contribution in [3.05, 3.63) is 95.9 Å². The number of aliphatic hydroxyl groups is 1. The number of nitrogens with two attached hydrogens (primary N) is 1. The molecule has 2 amide bonds. The smallest absolute Gasteiger partial charge is 0.407 e. The number of alkyl carbamates (subject to hydrolysis) is 1. The molecule has 0 radical (unpaired) electrons. The van der Waals surface area contributed by atoms with Crippen LogP contribution in [0.2, 0.25) is 0 Å². The topological polar surface area (TPSA) is 216 Å². The van der Waals surface area contributed by atoms with E-state index in [1.54, 1.807) is 43.7 Å². The second kappa shape index (κ2) is 26.3. The number of benzene rings is 1. The molecule has 68 heavy (non-hydrogen) atoms. The van der Waals surface area contributed by atoms with Crippen molar-refractivity contribution >= 4 is 39.0 Å². The predicted octanol–water partition coefficient (Wildman–Crippen LogP) is 6.55. The number of nitrogens with zero attached hydrogens (tertiary/aromatic N) is 4. The summed E-state index contributed by atoms with van der Waals surface area (Å²) in [5.74, 6) is 1.16. The molecule has 2 aromatic rings. The van der Waals surface area contributed by atoms with Crippen LogP contribution in [0.1, 0.15) is 105 Å². The number of aliphatic imine (C=N–C) groups is 1. The van der Waals surface area contributed by atoms with E-state index in [4.69, 9.17) is 34.5 Å². The third kappa shape index (κ3) is 17.3. The number of aliphatic hydroxyl groups excluding tert-OH is 1. The molecule has 18 heteroatoms. The molecule has 7 N–H and O–H groups in total. The number of hydrogen-bond acceptors (Lipinski definition) is 15. The second-order valence-electron chi connectivity index (χ2n) is 18.7. The van der Waals surface area contributed by atoms with Gasteiger partial charge in [-0.3, -0.25) is 9.79 Å². The number of rotatable bonds is 21. The monoisotopic (exact) mass is 964 g/mol. The third-order valence-corrected chi connectivity index (χ3v) is 12.2. The lowest BCUT2D eigenvalue weighted by Gasteiger charge is -2.23. The highest BCUT2D eigenvalue weighted by Gasteiger charge is 2.54. The summed E-state index contributed by atoms with van der Waals surface area (Å²) in [6.07, 6.45) is 12.8. The molecule has 0 spiro atoms. The van der Waals surface area contributed by atoms with Crippen molar-refractivity contribution in [3.63, 3.8) is 0 Å². The van der Waals surface area contributed by atoms with Crippen LogP contribution in [0.25, 0.3) is 0 Å². The summed E-state index contributed by atoms with van der Waals surface area (Å²) in [7, 11) is 4.81. The van der Waals surface area contributed by atoms with Crippen molar-refractivity contribution in [2.45, 2.75) is 148 Å². The zero-order chi connectivity index (χ0) is 50.2. The van der Waals surface area contributed by atoms with E-state index in [1.807, 2.05) is 41.7 Å². The minimum absolute atomic E-state index is 0.00263. The van der Waals surface area contributed by atoms with E-state index in [0.717, 1.165) is 65.3 Å². The van der Waals surface area contributed by atoms with Crippen molar-refractivity contribution in [1.29, 1.82) is 0 Å². The normalized spacial score (nSPS) is 23.4. The number of anilines is 2. The number of amides is 2. The van der Waals surface area contributed by atoms with E-state index in [1.165, 1.54) is 6.20 Å². The Morgan fingerprint density at radius 2 is 1.76 bits per heavy atom. The quantitative estimate of drug-likeness (QED) is 0.0445. The van der Waals surface area contributed by atoms with Crippen LogP contribution < -0.4 is 31.9 Å². The molecule has 9 atom stereocenters. The summed E-state index contributed by atoms with van der Waals surface area (Å²) in [6.45, 7) is 27.5. The molecule has 6 rings (SSSR count). The van der Waals surface area contributed by atoms with E-state index >= 15 is 0 Å². The minimum atomic E-state index is -0.601. The van der Waals surface area contributed by atoms with Crippen molar-refractivity contribution in [1.82, 2.24) is 25.9 Å². The number of carbonyl (C=O) groups excluding carboxylic acids is 2. The Morgan fingerprint density at radius 3 is 2.35 bits per heavy atom. The first kappa shape index (κ1) is 55.9. The SMILES string of the molecule is C=C(NC/C=C/CN(C)c1ncnc2c1C2(P)OC[C@@H]1CCC(N)O1)C1=C(N=CC)C1OC[C@@H]1CCC(C)O1.C=CN[C@@H](C)C(=O)Nc1ccc(CO)cc1.CC(C)C(C)NC(=O)OC(C)(C)C. The van der Waals surface area contributed by atoms with Crippen LogP contribution in [-0.2, 0) is 40.4 Å². The molecule has 1 aromatic carbocycles. The van der Waals surface area contributed by atoms with Crippen LogP contribution in [-0.4, -0.2) is 115 Å². The highest BCUT2D eigenvalue weighted by molar-refractivity contribution is 7.19. The largest absolute Gasteiger partial charge is 0.444 e. The highest BCUT2D eigenvalue weighted by atomic mass is 31.0. The van der Waals surface area contributed by atoms with Crippen molar-refractivity contribution in [2.24, 2.45) is 16.6 Å². The summed E-state index contributed by atoms with van der Waals surface area (Å²) in [5, 5.41) is 20.0. The summed E-state index contributed by atoms with van der Waals surface area (Å²) < 4.78 is 29.0. The molecule has 376 valence electrons. The summed E-state index contributed by atoms with van der Waals surface area (Å²) in [6, 6.07) is 6.86. The van der Waals surface area contributed by atoms with Crippen molar-refractivity contribution in [3.8, 4) is 0 Å². The fourth-order valence-electron chi connectivity index (χ4n) is 7.10. The van der Waals surface area contributed by atoms with Crippen molar-refractivity contribution < 1.29 is 38.4 Å². The maximum Gasteiger partial charge on any atom is 0.407 e. The molecule has 2 aliphatic heterocycles. The van der Waals surface area contributed by atoms with Gasteiger partial charge in [-0.2, -0.15) is 0 Å². The van der Waals surface area contributed by atoms with Gasteiger partial charge in [0.15, 0.2) is 5.34 Å². The Balaban J connectivity index is 0.000000285. The standard InChI is InChI=1S/C28H41N6O4P.C12H16N2O2.C10H21NO2/c1-5-30-24-22(25(24)35-14-19-9-8-17(2)37-19)18(3)31-12-6-7-13-34(4)27-23-26(32-16-33-27)28(23,39)36-15-20-10-11-21(29)38-20;1-3-13-9(2)12(16)14-11-6-4-10(8-15)5-7-11;1-7(2)8(3)11-9(12)13-10(4,5)6/h5-7,16-17,19-21,25,31H,3,8-15,29,39H2,1-2,4H3;3-7,9,13,15H,1,8H2,2H3,(H,14,16);7-8H,1-6H3,(H,11,12)/b7-6+,30-5?;;/t17?,19-,20-,21?,25?,28?;9-;/m00./s1. The Labute approximate surface area is 406 Å². The molecule has 2 fully saturated rings. The van der Waals surface area contributed by atoms with E-state index in [9.17, 15) is 9.59 Å². The Kier molecular flexibility index (Phi) is 21.6. The first-order valence-electron chi connectivity index (χ1n) is 23.6. The van der Waals surface area contributed by atoms with Gasteiger partial charge in [-0.1, -0.05) is 60.5 Å². The first-order chi connectivity index (χ1) is 32.2.